The van der Waals surface area contributed by atoms with Gasteiger partial charge in [0.15, 0.2) is 0 Å². The largest absolute Gasteiger partial charge is 0.478 e. The summed E-state index contributed by atoms with van der Waals surface area (Å²) in [6.45, 7) is 3.66. The van der Waals surface area contributed by atoms with Crippen LogP contribution in [0, 0.1) is 5.92 Å². The summed E-state index contributed by atoms with van der Waals surface area (Å²) in [5.74, 6) is -1.23. The van der Waals surface area contributed by atoms with Gasteiger partial charge in [-0.05, 0) is 17.5 Å². The van der Waals surface area contributed by atoms with Crippen LogP contribution in [0.2, 0.25) is 0 Å². The molecule has 104 valence electrons. The van der Waals surface area contributed by atoms with Crippen LogP contribution in [0.3, 0.4) is 0 Å². The summed E-state index contributed by atoms with van der Waals surface area (Å²) >= 11 is 0. The minimum atomic E-state index is -1.05. The molecule has 0 radical (unpaired) electrons. The first kappa shape index (κ1) is 15.2. The van der Waals surface area contributed by atoms with Gasteiger partial charge in [0.1, 0.15) is 0 Å². The fourth-order valence-electron chi connectivity index (χ4n) is 1.74. The number of carboxylic acid groups (broad SMARTS) is 1. The Morgan fingerprint density at radius 2 is 1.89 bits per heavy atom. The van der Waals surface area contributed by atoms with E-state index in [1.54, 1.807) is 18.2 Å². The van der Waals surface area contributed by atoms with Crippen LogP contribution in [-0.2, 0) is 11.2 Å². The molecular formula is C14H19NO4. The van der Waals surface area contributed by atoms with Crippen molar-refractivity contribution in [3.63, 3.8) is 0 Å². The molecule has 0 heterocycles. The summed E-state index contributed by atoms with van der Waals surface area (Å²) in [5, 5.41) is 20.9. The Morgan fingerprint density at radius 3 is 2.42 bits per heavy atom. The average molecular weight is 265 g/mol. The number of amides is 1. The second kappa shape index (κ2) is 6.89. The van der Waals surface area contributed by atoms with Gasteiger partial charge < -0.3 is 15.5 Å². The van der Waals surface area contributed by atoms with E-state index in [0.29, 0.717) is 5.56 Å². The second-order valence-corrected chi connectivity index (χ2v) is 4.74. The number of benzene rings is 1. The molecule has 0 unspecified atom stereocenters. The fourth-order valence-corrected chi connectivity index (χ4v) is 1.74. The van der Waals surface area contributed by atoms with E-state index in [4.69, 9.17) is 10.2 Å². The van der Waals surface area contributed by atoms with Crippen LogP contribution in [-0.4, -0.2) is 34.7 Å². The van der Waals surface area contributed by atoms with Gasteiger partial charge in [0.25, 0.3) is 0 Å². The number of carboxylic acids is 1. The third-order valence-electron chi connectivity index (χ3n) is 2.95. The van der Waals surface area contributed by atoms with Gasteiger partial charge in [-0.2, -0.15) is 0 Å². The molecule has 3 N–H and O–H groups in total. The number of aliphatic hydroxyl groups is 1. The molecule has 5 nitrogen and oxygen atoms in total. The molecule has 0 bridgehead atoms. The highest BCUT2D eigenvalue weighted by Crippen LogP contribution is 2.10. The van der Waals surface area contributed by atoms with Crippen molar-refractivity contribution in [2.24, 2.45) is 5.92 Å². The van der Waals surface area contributed by atoms with E-state index >= 15 is 0 Å². The SMILES string of the molecule is CC(C)[C@@H](CO)NC(=O)Cc1ccccc1C(=O)O. The molecule has 0 aliphatic heterocycles. The van der Waals surface area contributed by atoms with Crippen LogP contribution in [0.25, 0.3) is 0 Å². The summed E-state index contributed by atoms with van der Waals surface area (Å²) in [6, 6.07) is 6.09. The third-order valence-corrected chi connectivity index (χ3v) is 2.95. The average Bonchev–Trinajstić information content (AvgIpc) is 2.35. The first-order valence-electron chi connectivity index (χ1n) is 6.17. The molecule has 1 atom stereocenters. The number of carbonyl (C=O) groups excluding carboxylic acids is 1. The molecule has 0 aliphatic rings. The van der Waals surface area contributed by atoms with Crippen LogP contribution >= 0.6 is 0 Å². The van der Waals surface area contributed by atoms with E-state index < -0.39 is 5.97 Å². The highest BCUT2D eigenvalue weighted by molar-refractivity contribution is 5.91. The van der Waals surface area contributed by atoms with Crippen molar-refractivity contribution >= 4 is 11.9 Å². The molecule has 0 spiro atoms. The van der Waals surface area contributed by atoms with Crippen LogP contribution in [0.4, 0.5) is 0 Å². The zero-order valence-electron chi connectivity index (χ0n) is 11.1. The molecule has 5 heteroatoms. The van der Waals surface area contributed by atoms with E-state index in [-0.39, 0.29) is 36.5 Å². The third kappa shape index (κ3) is 4.37. The molecule has 0 fully saturated rings. The van der Waals surface area contributed by atoms with Gasteiger partial charge in [0.05, 0.1) is 24.6 Å². The van der Waals surface area contributed by atoms with E-state index in [0.717, 1.165) is 0 Å². The second-order valence-electron chi connectivity index (χ2n) is 4.74. The Morgan fingerprint density at radius 1 is 1.26 bits per heavy atom. The fraction of sp³-hybridized carbons (Fsp3) is 0.429. The first-order valence-corrected chi connectivity index (χ1v) is 6.17. The van der Waals surface area contributed by atoms with Crippen molar-refractivity contribution in [3.8, 4) is 0 Å². The van der Waals surface area contributed by atoms with E-state index in [1.807, 2.05) is 13.8 Å². The summed E-state index contributed by atoms with van der Waals surface area (Å²) in [7, 11) is 0. The first-order chi connectivity index (χ1) is 8.95. The lowest BCUT2D eigenvalue weighted by molar-refractivity contribution is -0.121. The Labute approximate surface area is 112 Å². The number of hydrogen-bond donors (Lipinski definition) is 3. The van der Waals surface area contributed by atoms with Crippen LogP contribution in [0.15, 0.2) is 24.3 Å². The molecule has 0 saturated heterocycles. The van der Waals surface area contributed by atoms with Crippen LogP contribution in [0.5, 0.6) is 0 Å². The number of rotatable bonds is 6. The van der Waals surface area contributed by atoms with Gasteiger partial charge in [-0.25, -0.2) is 4.79 Å². The molecule has 1 rings (SSSR count). The monoisotopic (exact) mass is 265 g/mol. The molecule has 1 aromatic rings. The Hall–Kier alpha value is -1.88. The molecule has 1 aromatic carbocycles. The predicted molar refractivity (Wildman–Crippen MR) is 71.0 cm³/mol. The van der Waals surface area contributed by atoms with Gasteiger partial charge in [0.2, 0.25) is 5.91 Å². The van der Waals surface area contributed by atoms with E-state index in [1.165, 1.54) is 6.07 Å². The summed E-state index contributed by atoms with van der Waals surface area (Å²) in [4.78, 5) is 22.9. The van der Waals surface area contributed by atoms with Crippen molar-refractivity contribution in [3.05, 3.63) is 35.4 Å². The van der Waals surface area contributed by atoms with Crippen molar-refractivity contribution in [2.75, 3.05) is 6.61 Å². The highest BCUT2D eigenvalue weighted by Gasteiger charge is 2.17. The summed E-state index contributed by atoms with van der Waals surface area (Å²) in [5.41, 5.74) is 0.593. The van der Waals surface area contributed by atoms with Crippen LogP contribution in [0.1, 0.15) is 29.8 Å². The Bertz CT molecular complexity index is 457. The maximum Gasteiger partial charge on any atom is 0.335 e. The van der Waals surface area contributed by atoms with E-state index in [2.05, 4.69) is 5.32 Å². The minimum Gasteiger partial charge on any atom is -0.478 e. The summed E-state index contributed by atoms with van der Waals surface area (Å²) < 4.78 is 0. The summed E-state index contributed by atoms with van der Waals surface area (Å²) in [6.07, 6.45) is -0.00824. The number of aromatic carboxylic acids is 1. The van der Waals surface area contributed by atoms with Crippen molar-refractivity contribution < 1.29 is 19.8 Å². The molecule has 0 aliphatic carbocycles. The lowest BCUT2D eigenvalue weighted by Gasteiger charge is -2.20. The number of nitrogens with one attached hydrogen (secondary N) is 1. The standard InChI is InChI=1S/C14H19NO4/c1-9(2)12(8-16)15-13(17)7-10-5-3-4-6-11(10)14(18)19/h3-6,9,12,16H,7-8H2,1-2H3,(H,15,17)(H,18,19)/t12-/m1/s1. The van der Waals surface area contributed by atoms with Gasteiger partial charge in [-0.3, -0.25) is 4.79 Å². The smallest absolute Gasteiger partial charge is 0.335 e. The van der Waals surface area contributed by atoms with E-state index in [9.17, 15) is 9.59 Å². The predicted octanol–water partition coefficient (Wildman–Crippen LogP) is 1.06. The lowest BCUT2D eigenvalue weighted by atomic mass is 10.0. The number of aliphatic hydroxyl groups excluding tert-OH is 1. The lowest BCUT2D eigenvalue weighted by Crippen LogP contribution is -2.42. The Balaban J connectivity index is 2.75. The molecule has 1 amide bonds. The zero-order valence-corrected chi connectivity index (χ0v) is 11.1. The highest BCUT2D eigenvalue weighted by atomic mass is 16.4. The zero-order chi connectivity index (χ0) is 14.4. The maximum absolute atomic E-state index is 11.8. The van der Waals surface area contributed by atoms with Crippen molar-refractivity contribution in [2.45, 2.75) is 26.3 Å². The molecule has 0 saturated carbocycles. The quantitative estimate of drug-likeness (QED) is 0.718. The Kier molecular flexibility index (Phi) is 5.51. The topological polar surface area (TPSA) is 86.6 Å². The number of hydrogen-bond acceptors (Lipinski definition) is 3. The van der Waals surface area contributed by atoms with Crippen LogP contribution < -0.4 is 5.32 Å². The molecule has 0 aromatic heterocycles. The van der Waals surface area contributed by atoms with Crippen molar-refractivity contribution in [1.29, 1.82) is 0 Å². The minimum absolute atomic E-state index is 0.00824. The molecular weight excluding hydrogens is 246 g/mol. The van der Waals surface area contributed by atoms with Gasteiger partial charge >= 0.3 is 5.97 Å². The normalized spacial score (nSPS) is 12.2. The number of carbonyl (C=O) groups is 2. The maximum atomic E-state index is 11.8. The van der Waals surface area contributed by atoms with Gasteiger partial charge in [0, 0.05) is 0 Å². The molecule has 19 heavy (non-hydrogen) atoms. The van der Waals surface area contributed by atoms with Crippen molar-refractivity contribution in [1.82, 2.24) is 5.32 Å². The van der Waals surface area contributed by atoms with Gasteiger partial charge in [-0.15, -0.1) is 0 Å². The van der Waals surface area contributed by atoms with Gasteiger partial charge in [-0.1, -0.05) is 32.0 Å².